The lowest BCUT2D eigenvalue weighted by molar-refractivity contribution is 0.428. The highest BCUT2D eigenvalue weighted by Crippen LogP contribution is 2.15. The monoisotopic (exact) mass is 536 g/mol. The molecule has 1 nitrogen and oxygen atoms in total. The molecule has 0 unspecified atom stereocenters. The van der Waals surface area contributed by atoms with Crippen LogP contribution in [-0.2, 0) is 0 Å². The number of rotatable bonds is 34. The van der Waals surface area contributed by atoms with Crippen LogP contribution >= 0.6 is 0 Å². The van der Waals surface area contributed by atoms with E-state index in [1.165, 1.54) is 219 Å². The molecule has 0 aromatic rings. The van der Waals surface area contributed by atoms with Crippen LogP contribution in [0.2, 0.25) is 0 Å². The highest BCUT2D eigenvalue weighted by atomic mass is 15.1. The molecule has 229 valence electrons. The van der Waals surface area contributed by atoms with Gasteiger partial charge in [0, 0.05) is 12.8 Å². The van der Waals surface area contributed by atoms with Crippen molar-refractivity contribution in [2.75, 3.05) is 20.1 Å². The van der Waals surface area contributed by atoms with Crippen LogP contribution in [0.25, 0.3) is 0 Å². The van der Waals surface area contributed by atoms with Crippen molar-refractivity contribution in [1.82, 2.24) is 4.90 Å². The zero-order valence-corrected chi connectivity index (χ0v) is 27.5. The van der Waals surface area contributed by atoms with Crippen LogP contribution in [-0.4, -0.2) is 20.1 Å². The summed E-state index contributed by atoms with van der Waals surface area (Å²) in [5.74, 6) is 0. The molecule has 0 aliphatic carbocycles. The summed E-state index contributed by atoms with van der Waals surface area (Å²) < 4.78 is 0. The first-order chi connectivity index (χ1) is 18.8. The van der Waals surface area contributed by atoms with Crippen LogP contribution in [0.3, 0.4) is 0 Å². The fraction of sp³-hybridized carbons (Fsp3) is 1.00. The molecule has 0 aromatic carbocycles. The molecule has 0 saturated carbocycles. The van der Waals surface area contributed by atoms with Gasteiger partial charge in [0.15, 0.2) is 0 Å². The molecule has 0 bridgehead atoms. The SMILES string of the molecule is CCCCCCCCCCCCCCCCCC[N+](C)CCCCCCCCCCCCCCCCCC. The summed E-state index contributed by atoms with van der Waals surface area (Å²) in [7, 11) is 2.34. The standard InChI is InChI=1S/C37H77N/c1-4-6-8-10-12-14-16-18-20-22-24-26-28-30-32-34-36-38(3)37-35-33-31-29-27-25-23-21-19-17-15-13-11-9-7-5-2/h4-37H2,1-3H3/q+1. The van der Waals surface area contributed by atoms with Gasteiger partial charge in [-0.3, -0.25) is 0 Å². The van der Waals surface area contributed by atoms with Gasteiger partial charge in [-0.2, -0.15) is 4.90 Å². The predicted molar refractivity (Wildman–Crippen MR) is 177 cm³/mol. The lowest BCUT2D eigenvalue weighted by Gasteiger charge is -2.08. The Hall–Kier alpha value is -0.0400. The topological polar surface area (TPSA) is 5.90 Å². The molecule has 1 heteroatoms. The van der Waals surface area contributed by atoms with Gasteiger partial charge in [0.2, 0.25) is 0 Å². The van der Waals surface area contributed by atoms with E-state index in [4.69, 9.17) is 0 Å². The third kappa shape index (κ3) is 34.0. The van der Waals surface area contributed by atoms with E-state index in [0.29, 0.717) is 0 Å². The van der Waals surface area contributed by atoms with Crippen molar-refractivity contribution >= 4 is 0 Å². The zero-order chi connectivity index (χ0) is 27.6. The van der Waals surface area contributed by atoms with Gasteiger partial charge >= 0.3 is 0 Å². The Balaban J connectivity index is 3.13. The minimum absolute atomic E-state index is 1.32. The van der Waals surface area contributed by atoms with Gasteiger partial charge in [0.1, 0.15) is 20.1 Å². The van der Waals surface area contributed by atoms with Crippen molar-refractivity contribution in [3.63, 3.8) is 0 Å². The Morgan fingerprint density at radius 2 is 0.395 bits per heavy atom. The lowest BCUT2D eigenvalue weighted by atomic mass is 10.0. The molecule has 0 spiro atoms. The molecule has 0 heterocycles. The fourth-order valence-corrected chi connectivity index (χ4v) is 5.97. The Kier molecular flexibility index (Phi) is 35.0. The predicted octanol–water partition coefficient (Wildman–Crippen LogP) is 13.3. The lowest BCUT2D eigenvalue weighted by Crippen LogP contribution is -2.27. The van der Waals surface area contributed by atoms with Crippen LogP contribution in [0.1, 0.15) is 219 Å². The van der Waals surface area contributed by atoms with Gasteiger partial charge in [-0.25, -0.2) is 0 Å². The van der Waals surface area contributed by atoms with Crippen LogP contribution in [0.15, 0.2) is 0 Å². The van der Waals surface area contributed by atoms with Crippen LogP contribution in [0, 0.1) is 0 Å². The van der Waals surface area contributed by atoms with Crippen molar-refractivity contribution < 1.29 is 0 Å². The Morgan fingerprint density at radius 3 is 0.579 bits per heavy atom. The third-order valence-electron chi connectivity index (χ3n) is 8.79. The summed E-state index contributed by atoms with van der Waals surface area (Å²) in [6, 6.07) is 0. The first kappa shape index (κ1) is 38.0. The molecule has 0 aromatic heterocycles. The summed E-state index contributed by atoms with van der Waals surface area (Å²) in [6.45, 7) is 7.25. The molecule has 0 amide bonds. The van der Waals surface area contributed by atoms with Gasteiger partial charge in [-0.1, -0.05) is 194 Å². The van der Waals surface area contributed by atoms with Crippen molar-refractivity contribution in [3.05, 3.63) is 0 Å². The molecule has 0 fully saturated rings. The van der Waals surface area contributed by atoms with Gasteiger partial charge in [-0.05, 0) is 12.8 Å². The first-order valence-corrected chi connectivity index (χ1v) is 18.5. The summed E-state index contributed by atoms with van der Waals surface area (Å²) in [5.41, 5.74) is 0. The van der Waals surface area contributed by atoms with E-state index in [9.17, 15) is 0 Å². The van der Waals surface area contributed by atoms with Gasteiger partial charge in [0.25, 0.3) is 0 Å². The van der Waals surface area contributed by atoms with Gasteiger partial charge in [0.05, 0.1) is 0 Å². The van der Waals surface area contributed by atoms with Crippen molar-refractivity contribution in [2.45, 2.75) is 219 Å². The fourth-order valence-electron chi connectivity index (χ4n) is 5.97. The maximum atomic E-state index is 2.59. The van der Waals surface area contributed by atoms with Crippen LogP contribution in [0.5, 0.6) is 0 Å². The van der Waals surface area contributed by atoms with Crippen molar-refractivity contribution in [3.8, 4) is 0 Å². The second-order valence-corrected chi connectivity index (χ2v) is 12.9. The number of nitrogens with zero attached hydrogens (tertiary/aromatic N) is 1. The summed E-state index contributed by atoms with van der Waals surface area (Å²) >= 11 is 0. The maximum Gasteiger partial charge on any atom is 0.122 e. The quantitative estimate of drug-likeness (QED) is 0.0570. The Bertz CT molecular complexity index is 356. The molecule has 0 aliphatic rings. The van der Waals surface area contributed by atoms with Crippen LogP contribution in [0.4, 0.5) is 0 Å². The summed E-state index contributed by atoms with van der Waals surface area (Å²) in [4.78, 5) is 2.59. The number of hydrogen-bond acceptors (Lipinski definition) is 1. The summed E-state index contributed by atoms with van der Waals surface area (Å²) in [5, 5.41) is 0. The highest BCUT2D eigenvalue weighted by molar-refractivity contribution is 4.59. The Labute approximate surface area is 244 Å². The van der Waals surface area contributed by atoms with E-state index in [-0.39, 0.29) is 0 Å². The van der Waals surface area contributed by atoms with Crippen molar-refractivity contribution in [1.29, 1.82) is 0 Å². The van der Waals surface area contributed by atoms with Gasteiger partial charge in [-0.15, -0.1) is 0 Å². The first-order valence-electron chi connectivity index (χ1n) is 18.5. The molecule has 0 rings (SSSR count). The molecule has 0 N–H and O–H groups in total. The number of hydrogen-bond donors (Lipinski definition) is 0. The smallest absolute Gasteiger partial charge is 0.122 e. The second-order valence-electron chi connectivity index (χ2n) is 12.9. The van der Waals surface area contributed by atoms with E-state index in [0.717, 1.165) is 0 Å². The number of unbranched alkanes of at least 4 members (excludes halogenated alkanes) is 30. The molecule has 0 aliphatic heterocycles. The van der Waals surface area contributed by atoms with E-state index in [1.54, 1.807) is 0 Å². The van der Waals surface area contributed by atoms with E-state index in [1.807, 2.05) is 0 Å². The molecular formula is C37H77N+. The third-order valence-corrected chi connectivity index (χ3v) is 8.79. The highest BCUT2D eigenvalue weighted by Gasteiger charge is 2.06. The normalized spacial score (nSPS) is 11.7. The van der Waals surface area contributed by atoms with E-state index in [2.05, 4.69) is 25.8 Å². The van der Waals surface area contributed by atoms with Crippen molar-refractivity contribution in [2.24, 2.45) is 0 Å². The minimum atomic E-state index is 1.32. The zero-order valence-electron chi connectivity index (χ0n) is 27.5. The van der Waals surface area contributed by atoms with E-state index < -0.39 is 0 Å². The Morgan fingerprint density at radius 1 is 0.237 bits per heavy atom. The second kappa shape index (κ2) is 35.0. The molecular weight excluding hydrogens is 458 g/mol. The molecule has 0 atom stereocenters. The average molecular weight is 536 g/mol. The largest absolute Gasteiger partial charge is 0.173 e. The summed E-state index contributed by atoms with van der Waals surface area (Å²) in [6.07, 6.45) is 46.8. The molecule has 0 saturated heterocycles. The average Bonchev–Trinajstić information content (AvgIpc) is 2.92. The minimum Gasteiger partial charge on any atom is -0.173 e. The van der Waals surface area contributed by atoms with Gasteiger partial charge < -0.3 is 0 Å². The molecule has 1 radical (unpaired) electrons. The van der Waals surface area contributed by atoms with E-state index >= 15 is 0 Å². The molecule has 38 heavy (non-hydrogen) atoms. The maximum absolute atomic E-state index is 2.59. The van der Waals surface area contributed by atoms with Crippen LogP contribution < -0.4 is 4.90 Å².